The molecule has 2 aromatic carbocycles. The SMILES string of the molecule is COCc1ccccc1CNC(=O)c1cccc(CS(C)=O)c1. The van der Waals surface area contributed by atoms with Gasteiger partial charge in [0.05, 0.1) is 6.61 Å². The van der Waals surface area contributed by atoms with Gasteiger partial charge in [-0.15, -0.1) is 0 Å². The molecule has 0 fully saturated rings. The van der Waals surface area contributed by atoms with Crippen LogP contribution in [0, 0.1) is 0 Å². The number of hydrogen-bond acceptors (Lipinski definition) is 3. The molecule has 0 saturated heterocycles. The van der Waals surface area contributed by atoms with Gasteiger partial charge in [0, 0.05) is 42.0 Å². The maximum Gasteiger partial charge on any atom is 0.251 e. The number of nitrogens with one attached hydrogen (secondary N) is 1. The second kappa shape index (κ2) is 8.60. The van der Waals surface area contributed by atoms with Crippen LogP contribution in [-0.4, -0.2) is 23.5 Å². The van der Waals surface area contributed by atoms with Gasteiger partial charge in [-0.1, -0.05) is 36.4 Å². The van der Waals surface area contributed by atoms with Crippen molar-refractivity contribution in [2.75, 3.05) is 13.4 Å². The first kappa shape index (κ1) is 17.4. The van der Waals surface area contributed by atoms with E-state index in [1.54, 1.807) is 25.5 Å². The number of hydrogen-bond donors (Lipinski definition) is 1. The molecule has 1 unspecified atom stereocenters. The van der Waals surface area contributed by atoms with E-state index in [2.05, 4.69) is 5.32 Å². The van der Waals surface area contributed by atoms with Gasteiger partial charge in [0.1, 0.15) is 0 Å². The van der Waals surface area contributed by atoms with Crippen molar-refractivity contribution in [2.24, 2.45) is 0 Å². The summed E-state index contributed by atoms with van der Waals surface area (Å²) in [4.78, 5) is 12.3. The van der Waals surface area contributed by atoms with Crippen LogP contribution in [0.2, 0.25) is 0 Å². The van der Waals surface area contributed by atoms with Crippen molar-refractivity contribution in [3.63, 3.8) is 0 Å². The Balaban J connectivity index is 2.04. The number of carbonyl (C=O) groups excluding carboxylic acids is 1. The minimum Gasteiger partial charge on any atom is -0.380 e. The average molecular weight is 331 g/mol. The van der Waals surface area contributed by atoms with Crippen LogP contribution in [0.4, 0.5) is 0 Å². The van der Waals surface area contributed by atoms with E-state index in [4.69, 9.17) is 4.74 Å². The second-order valence-electron chi connectivity index (χ2n) is 5.30. The minimum atomic E-state index is -0.923. The lowest BCUT2D eigenvalue weighted by Crippen LogP contribution is -2.23. The molecule has 0 aliphatic heterocycles. The van der Waals surface area contributed by atoms with Gasteiger partial charge in [0.25, 0.3) is 5.91 Å². The Kier molecular flexibility index (Phi) is 6.50. The van der Waals surface area contributed by atoms with Crippen molar-refractivity contribution in [1.82, 2.24) is 5.32 Å². The number of ether oxygens (including phenoxy) is 1. The molecular formula is C18H21NO3S. The van der Waals surface area contributed by atoms with Crippen molar-refractivity contribution in [2.45, 2.75) is 18.9 Å². The summed E-state index contributed by atoms with van der Waals surface area (Å²) < 4.78 is 16.5. The smallest absolute Gasteiger partial charge is 0.251 e. The molecule has 0 aliphatic rings. The number of methoxy groups -OCH3 is 1. The molecule has 0 heterocycles. The highest BCUT2D eigenvalue weighted by molar-refractivity contribution is 7.83. The maximum absolute atomic E-state index is 12.3. The lowest BCUT2D eigenvalue weighted by Gasteiger charge is -2.10. The van der Waals surface area contributed by atoms with Crippen LogP contribution in [-0.2, 0) is 34.4 Å². The fraction of sp³-hybridized carbons (Fsp3) is 0.278. The van der Waals surface area contributed by atoms with Gasteiger partial charge in [0.15, 0.2) is 0 Å². The zero-order valence-electron chi connectivity index (χ0n) is 13.4. The van der Waals surface area contributed by atoms with E-state index in [0.717, 1.165) is 16.7 Å². The van der Waals surface area contributed by atoms with E-state index >= 15 is 0 Å². The summed E-state index contributed by atoms with van der Waals surface area (Å²) in [5, 5.41) is 2.92. The number of carbonyl (C=O) groups is 1. The predicted molar refractivity (Wildman–Crippen MR) is 92.5 cm³/mol. The van der Waals surface area contributed by atoms with Crippen LogP contribution in [0.25, 0.3) is 0 Å². The molecule has 0 saturated carbocycles. The lowest BCUT2D eigenvalue weighted by molar-refractivity contribution is 0.0950. The molecule has 1 atom stereocenters. The summed E-state index contributed by atoms with van der Waals surface area (Å²) in [6.45, 7) is 0.964. The van der Waals surface area contributed by atoms with Crippen molar-refractivity contribution in [3.05, 3.63) is 70.8 Å². The molecule has 0 aliphatic carbocycles. The summed E-state index contributed by atoms with van der Waals surface area (Å²) in [6.07, 6.45) is 1.65. The van der Waals surface area contributed by atoms with Crippen LogP contribution in [0.1, 0.15) is 27.0 Å². The fourth-order valence-corrected chi connectivity index (χ4v) is 2.99. The van der Waals surface area contributed by atoms with E-state index < -0.39 is 10.8 Å². The Morgan fingerprint density at radius 2 is 1.87 bits per heavy atom. The van der Waals surface area contributed by atoms with Crippen molar-refractivity contribution >= 4 is 16.7 Å². The van der Waals surface area contributed by atoms with Crippen LogP contribution in [0.3, 0.4) is 0 Å². The number of amides is 1. The van der Waals surface area contributed by atoms with Gasteiger partial charge in [-0.05, 0) is 28.8 Å². The molecule has 5 heteroatoms. The second-order valence-corrected chi connectivity index (χ2v) is 6.74. The third-order valence-electron chi connectivity index (χ3n) is 3.42. The Bertz CT molecular complexity index is 700. The third-order valence-corrected chi connectivity index (χ3v) is 4.16. The molecule has 0 aromatic heterocycles. The lowest BCUT2D eigenvalue weighted by atomic mass is 10.1. The topological polar surface area (TPSA) is 55.4 Å². The molecule has 0 bridgehead atoms. The normalized spacial score (nSPS) is 11.9. The highest BCUT2D eigenvalue weighted by atomic mass is 32.2. The van der Waals surface area contributed by atoms with Gasteiger partial charge in [-0.2, -0.15) is 0 Å². The van der Waals surface area contributed by atoms with E-state index in [1.807, 2.05) is 36.4 Å². The number of rotatable bonds is 7. The van der Waals surface area contributed by atoms with Crippen molar-refractivity contribution in [3.8, 4) is 0 Å². The Labute approximate surface area is 139 Å². The molecule has 4 nitrogen and oxygen atoms in total. The summed E-state index contributed by atoms with van der Waals surface area (Å²) >= 11 is 0. The van der Waals surface area contributed by atoms with E-state index in [0.29, 0.717) is 24.5 Å². The molecule has 23 heavy (non-hydrogen) atoms. The van der Waals surface area contributed by atoms with E-state index in [1.165, 1.54) is 0 Å². The van der Waals surface area contributed by atoms with Gasteiger partial charge < -0.3 is 10.1 Å². The zero-order chi connectivity index (χ0) is 16.7. The van der Waals surface area contributed by atoms with Crippen LogP contribution < -0.4 is 5.32 Å². The van der Waals surface area contributed by atoms with Gasteiger partial charge in [0.2, 0.25) is 0 Å². The molecule has 1 N–H and O–H groups in total. The highest BCUT2D eigenvalue weighted by Gasteiger charge is 2.08. The molecular weight excluding hydrogens is 310 g/mol. The first-order valence-corrected chi connectivity index (χ1v) is 9.05. The molecule has 0 spiro atoms. The van der Waals surface area contributed by atoms with Crippen molar-refractivity contribution in [1.29, 1.82) is 0 Å². The first-order chi connectivity index (χ1) is 11.1. The van der Waals surface area contributed by atoms with Crippen LogP contribution >= 0.6 is 0 Å². The first-order valence-electron chi connectivity index (χ1n) is 7.33. The van der Waals surface area contributed by atoms with Crippen LogP contribution in [0.5, 0.6) is 0 Å². The fourth-order valence-electron chi connectivity index (χ4n) is 2.34. The van der Waals surface area contributed by atoms with E-state index in [-0.39, 0.29) is 5.91 Å². The summed E-state index contributed by atoms with van der Waals surface area (Å²) in [7, 11) is 0.729. The summed E-state index contributed by atoms with van der Waals surface area (Å²) in [5.74, 6) is 0.318. The van der Waals surface area contributed by atoms with Gasteiger partial charge >= 0.3 is 0 Å². The summed E-state index contributed by atoms with van der Waals surface area (Å²) in [5.41, 5.74) is 3.58. The molecule has 2 rings (SSSR count). The Morgan fingerprint density at radius 1 is 1.13 bits per heavy atom. The average Bonchev–Trinajstić information content (AvgIpc) is 2.53. The molecule has 2 aromatic rings. The maximum atomic E-state index is 12.3. The quantitative estimate of drug-likeness (QED) is 0.848. The van der Waals surface area contributed by atoms with Crippen molar-refractivity contribution < 1.29 is 13.7 Å². The minimum absolute atomic E-state index is 0.138. The predicted octanol–water partition coefficient (Wildman–Crippen LogP) is 2.64. The van der Waals surface area contributed by atoms with Crippen LogP contribution in [0.15, 0.2) is 48.5 Å². The molecule has 0 radical (unpaired) electrons. The summed E-state index contributed by atoms with van der Waals surface area (Å²) in [6, 6.07) is 15.1. The van der Waals surface area contributed by atoms with E-state index in [9.17, 15) is 9.00 Å². The third kappa shape index (κ3) is 5.30. The highest BCUT2D eigenvalue weighted by Crippen LogP contribution is 2.11. The molecule has 122 valence electrons. The largest absolute Gasteiger partial charge is 0.380 e. The van der Waals surface area contributed by atoms with Gasteiger partial charge in [-0.3, -0.25) is 9.00 Å². The Morgan fingerprint density at radius 3 is 2.57 bits per heavy atom. The zero-order valence-corrected chi connectivity index (χ0v) is 14.2. The molecule has 1 amide bonds. The Hall–Kier alpha value is -1.98. The number of benzene rings is 2. The standard InChI is InChI=1S/C18H21NO3S/c1-22-12-17-8-4-3-7-16(17)11-19-18(20)15-9-5-6-14(10-15)13-23(2)21/h3-10H,11-13H2,1-2H3,(H,19,20). The van der Waals surface area contributed by atoms with Gasteiger partial charge in [-0.25, -0.2) is 0 Å². The monoisotopic (exact) mass is 331 g/mol.